The van der Waals surface area contributed by atoms with Gasteiger partial charge in [0, 0.05) is 24.6 Å². The first-order valence-corrected chi connectivity index (χ1v) is 9.68. The van der Waals surface area contributed by atoms with E-state index in [-0.39, 0.29) is 23.7 Å². The van der Waals surface area contributed by atoms with Crippen LogP contribution in [0.5, 0.6) is 0 Å². The Bertz CT molecular complexity index is 880. The molecule has 1 aliphatic heterocycles. The van der Waals surface area contributed by atoms with Gasteiger partial charge in [-0.25, -0.2) is 4.79 Å². The standard InChI is InChI=1S/C22H26N2O4/c1-14(2)19(22(27)28)23-20(25)16-10-12-24(13-11-16)21(26)18-9-5-7-15-6-3-4-8-17(15)18/h3-9,14,16,19H,10-13H2,1-2H3,(H,23,25)(H,27,28)/t19-/m1/s1. The third kappa shape index (κ3) is 4.16. The molecule has 1 fully saturated rings. The number of fused-ring (bicyclic) bond motifs is 1. The average molecular weight is 382 g/mol. The first-order valence-electron chi connectivity index (χ1n) is 9.68. The molecular weight excluding hydrogens is 356 g/mol. The molecule has 1 saturated heterocycles. The maximum atomic E-state index is 13.0. The molecule has 28 heavy (non-hydrogen) atoms. The molecule has 148 valence electrons. The minimum Gasteiger partial charge on any atom is -0.480 e. The van der Waals surface area contributed by atoms with Gasteiger partial charge in [0.1, 0.15) is 6.04 Å². The molecule has 0 bridgehead atoms. The van der Waals surface area contributed by atoms with Gasteiger partial charge in [-0.1, -0.05) is 50.2 Å². The van der Waals surface area contributed by atoms with Crippen molar-refractivity contribution in [3.8, 4) is 0 Å². The van der Waals surface area contributed by atoms with Crippen LogP contribution in [0.15, 0.2) is 42.5 Å². The number of carbonyl (C=O) groups excluding carboxylic acids is 2. The van der Waals surface area contributed by atoms with E-state index in [0.717, 1.165) is 10.8 Å². The number of aliphatic carboxylic acids is 1. The van der Waals surface area contributed by atoms with Gasteiger partial charge in [0.25, 0.3) is 5.91 Å². The van der Waals surface area contributed by atoms with Crippen LogP contribution < -0.4 is 5.32 Å². The summed E-state index contributed by atoms with van der Waals surface area (Å²) in [6.07, 6.45) is 1.07. The second-order valence-corrected chi connectivity index (χ2v) is 7.66. The molecule has 1 atom stereocenters. The highest BCUT2D eigenvalue weighted by Gasteiger charge is 2.31. The number of piperidine rings is 1. The number of hydrogen-bond acceptors (Lipinski definition) is 3. The maximum absolute atomic E-state index is 13.0. The molecule has 0 aromatic heterocycles. The fourth-order valence-electron chi connectivity index (χ4n) is 3.71. The van der Waals surface area contributed by atoms with Gasteiger partial charge in [0.15, 0.2) is 0 Å². The van der Waals surface area contributed by atoms with Crippen LogP contribution in [0, 0.1) is 11.8 Å². The number of benzene rings is 2. The lowest BCUT2D eigenvalue weighted by Crippen LogP contribution is -2.49. The van der Waals surface area contributed by atoms with Gasteiger partial charge in [-0.15, -0.1) is 0 Å². The fraction of sp³-hybridized carbons (Fsp3) is 0.409. The first-order chi connectivity index (χ1) is 13.4. The number of carboxylic acid groups (broad SMARTS) is 1. The van der Waals surface area contributed by atoms with E-state index in [2.05, 4.69) is 5.32 Å². The smallest absolute Gasteiger partial charge is 0.326 e. The molecular formula is C22H26N2O4. The number of nitrogens with zero attached hydrogens (tertiary/aromatic N) is 1. The number of carboxylic acids is 1. The van der Waals surface area contributed by atoms with Gasteiger partial charge in [-0.05, 0) is 35.6 Å². The molecule has 6 heteroatoms. The normalized spacial score (nSPS) is 16.2. The van der Waals surface area contributed by atoms with Crippen molar-refractivity contribution in [1.29, 1.82) is 0 Å². The fourth-order valence-corrected chi connectivity index (χ4v) is 3.71. The lowest BCUT2D eigenvalue weighted by molar-refractivity contribution is -0.144. The van der Waals surface area contributed by atoms with Crippen LogP contribution in [0.25, 0.3) is 10.8 Å². The van der Waals surface area contributed by atoms with E-state index in [1.165, 1.54) is 0 Å². The number of hydrogen-bond donors (Lipinski definition) is 2. The second-order valence-electron chi connectivity index (χ2n) is 7.66. The SMILES string of the molecule is CC(C)[C@@H](NC(=O)C1CCN(C(=O)c2cccc3ccccc23)CC1)C(=O)O. The number of amides is 2. The quantitative estimate of drug-likeness (QED) is 0.832. The van der Waals surface area contributed by atoms with E-state index in [1.54, 1.807) is 18.7 Å². The summed E-state index contributed by atoms with van der Waals surface area (Å²) < 4.78 is 0. The molecule has 2 N–H and O–H groups in total. The van der Waals surface area contributed by atoms with Gasteiger partial charge >= 0.3 is 5.97 Å². The van der Waals surface area contributed by atoms with Crippen LogP contribution in [-0.2, 0) is 9.59 Å². The molecule has 1 aliphatic rings. The largest absolute Gasteiger partial charge is 0.480 e. The van der Waals surface area contributed by atoms with E-state index in [0.29, 0.717) is 31.5 Å². The number of rotatable bonds is 5. The summed E-state index contributed by atoms with van der Waals surface area (Å²) in [5.41, 5.74) is 0.673. The van der Waals surface area contributed by atoms with E-state index in [1.807, 2.05) is 42.5 Å². The zero-order valence-corrected chi connectivity index (χ0v) is 16.2. The monoisotopic (exact) mass is 382 g/mol. The van der Waals surface area contributed by atoms with Crippen LogP contribution in [-0.4, -0.2) is 46.9 Å². The number of likely N-dealkylation sites (tertiary alicyclic amines) is 1. The van der Waals surface area contributed by atoms with Crippen molar-refractivity contribution < 1.29 is 19.5 Å². The lowest BCUT2D eigenvalue weighted by atomic mass is 9.93. The van der Waals surface area contributed by atoms with Crippen molar-refractivity contribution in [1.82, 2.24) is 10.2 Å². The summed E-state index contributed by atoms with van der Waals surface area (Å²) in [6.45, 7) is 4.51. The number of nitrogens with one attached hydrogen (secondary N) is 1. The van der Waals surface area contributed by atoms with Crippen LogP contribution in [0.4, 0.5) is 0 Å². The molecule has 2 amide bonds. The molecule has 3 rings (SSSR count). The lowest BCUT2D eigenvalue weighted by Gasteiger charge is -2.32. The summed E-state index contributed by atoms with van der Waals surface area (Å²) in [5.74, 6) is -1.74. The van der Waals surface area contributed by atoms with E-state index in [4.69, 9.17) is 0 Å². The van der Waals surface area contributed by atoms with Crippen LogP contribution in [0.2, 0.25) is 0 Å². The second kappa shape index (κ2) is 8.42. The predicted molar refractivity (Wildman–Crippen MR) is 107 cm³/mol. The van der Waals surface area contributed by atoms with Gasteiger partial charge in [-0.3, -0.25) is 9.59 Å². The van der Waals surface area contributed by atoms with Gasteiger partial charge < -0.3 is 15.3 Å². The zero-order valence-electron chi connectivity index (χ0n) is 16.2. The molecule has 6 nitrogen and oxygen atoms in total. The summed E-state index contributed by atoms with van der Waals surface area (Å²) >= 11 is 0. The first kappa shape index (κ1) is 19.9. The Kier molecular flexibility index (Phi) is 5.97. The highest BCUT2D eigenvalue weighted by molar-refractivity contribution is 6.07. The predicted octanol–water partition coefficient (Wildman–Crippen LogP) is 2.92. The summed E-state index contributed by atoms with van der Waals surface area (Å²) in [5, 5.41) is 13.8. The Morgan fingerprint density at radius 3 is 2.32 bits per heavy atom. The highest BCUT2D eigenvalue weighted by atomic mass is 16.4. The Morgan fingerprint density at radius 2 is 1.68 bits per heavy atom. The van der Waals surface area contributed by atoms with Crippen molar-refractivity contribution in [2.75, 3.05) is 13.1 Å². The van der Waals surface area contributed by atoms with Crippen molar-refractivity contribution in [2.45, 2.75) is 32.7 Å². The van der Waals surface area contributed by atoms with Crippen LogP contribution >= 0.6 is 0 Å². The molecule has 2 aromatic rings. The van der Waals surface area contributed by atoms with Crippen molar-refractivity contribution >= 4 is 28.6 Å². The third-order valence-corrected chi connectivity index (χ3v) is 5.40. The van der Waals surface area contributed by atoms with Crippen LogP contribution in [0.3, 0.4) is 0 Å². The minimum atomic E-state index is -1.02. The summed E-state index contributed by atoms with van der Waals surface area (Å²) in [6, 6.07) is 12.6. The molecule has 0 saturated carbocycles. The Balaban J connectivity index is 1.64. The molecule has 0 unspecified atom stereocenters. The molecule has 0 radical (unpaired) electrons. The van der Waals surface area contributed by atoms with E-state index in [9.17, 15) is 19.5 Å². The molecule has 0 aliphatic carbocycles. The molecule has 1 heterocycles. The Hall–Kier alpha value is -2.89. The van der Waals surface area contributed by atoms with E-state index >= 15 is 0 Å². The van der Waals surface area contributed by atoms with Crippen LogP contribution in [0.1, 0.15) is 37.0 Å². The minimum absolute atomic E-state index is 0.0266. The van der Waals surface area contributed by atoms with Gasteiger partial charge in [0.2, 0.25) is 5.91 Å². The van der Waals surface area contributed by atoms with E-state index < -0.39 is 12.0 Å². The maximum Gasteiger partial charge on any atom is 0.326 e. The van der Waals surface area contributed by atoms with Gasteiger partial charge in [-0.2, -0.15) is 0 Å². The average Bonchev–Trinajstić information content (AvgIpc) is 2.70. The van der Waals surface area contributed by atoms with Crippen molar-refractivity contribution in [2.24, 2.45) is 11.8 Å². The summed E-state index contributed by atoms with van der Waals surface area (Å²) in [4.78, 5) is 38.5. The molecule has 0 spiro atoms. The zero-order chi connectivity index (χ0) is 20.3. The topological polar surface area (TPSA) is 86.7 Å². The highest BCUT2D eigenvalue weighted by Crippen LogP contribution is 2.24. The van der Waals surface area contributed by atoms with Crippen molar-refractivity contribution in [3.05, 3.63) is 48.0 Å². The van der Waals surface area contributed by atoms with Gasteiger partial charge in [0.05, 0.1) is 0 Å². The number of carbonyl (C=O) groups is 3. The van der Waals surface area contributed by atoms with Crippen molar-refractivity contribution in [3.63, 3.8) is 0 Å². The molecule has 2 aromatic carbocycles. The Labute approximate surface area is 164 Å². The summed E-state index contributed by atoms with van der Waals surface area (Å²) in [7, 11) is 0. The Morgan fingerprint density at radius 1 is 1.04 bits per heavy atom. The third-order valence-electron chi connectivity index (χ3n) is 5.40.